The fourth-order valence-corrected chi connectivity index (χ4v) is 3.36. The topological polar surface area (TPSA) is 46.3 Å². The summed E-state index contributed by atoms with van der Waals surface area (Å²) in [7, 11) is 0. The molecule has 3 rings (SSSR count). The van der Waals surface area contributed by atoms with Gasteiger partial charge in [0.1, 0.15) is 6.04 Å². The van der Waals surface area contributed by atoms with Gasteiger partial charge in [-0.05, 0) is 17.7 Å². The number of rotatable bonds is 2. The van der Waals surface area contributed by atoms with Gasteiger partial charge in [0.05, 0.1) is 5.69 Å². The molecular weight excluding hydrogens is 268 g/mol. The van der Waals surface area contributed by atoms with Crippen LogP contribution < -0.4 is 10.6 Å². The molecule has 0 aromatic heterocycles. The fourth-order valence-electron chi connectivity index (χ4n) is 2.37. The van der Waals surface area contributed by atoms with E-state index >= 15 is 0 Å². The molecule has 2 aromatic carbocycles. The molecule has 4 heteroatoms. The molecule has 1 aliphatic rings. The Hall–Kier alpha value is -1.78. The molecule has 0 saturated carbocycles. The molecule has 1 heterocycles. The van der Waals surface area contributed by atoms with Crippen LogP contribution in [-0.2, 0) is 4.79 Å². The number of nitrogens with zero attached hydrogens (tertiary/aromatic N) is 1. The average Bonchev–Trinajstić information content (AvgIpc) is 2.54. The summed E-state index contributed by atoms with van der Waals surface area (Å²) in [5, 5.41) is 0. The van der Waals surface area contributed by atoms with E-state index in [0.29, 0.717) is 6.54 Å². The maximum atomic E-state index is 12.7. The Morgan fingerprint density at radius 1 is 1.10 bits per heavy atom. The second kappa shape index (κ2) is 5.69. The van der Waals surface area contributed by atoms with Crippen LogP contribution in [0.1, 0.15) is 11.6 Å². The Kier molecular flexibility index (Phi) is 3.76. The van der Waals surface area contributed by atoms with Crippen molar-refractivity contribution in [1.82, 2.24) is 0 Å². The van der Waals surface area contributed by atoms with Crippen LogP contribution in [0.5, 0.6) is 0 Å². The SMILES string of the molecule is N[C@@H](C(=O)N1CCSc2ccccc21)c1ccccc1. The molecule has 0 fully saturated rings. The van der Waals surface area contributed by atoms with Crippen LogP contribution in [0.15, 0.2) is 59.5 Å². The van der Waals surface area contributed by atoms with E-state index in [1.807, 2.05) is 59.5 Å². The molecule has 0 bridgehead atoms. The van der Waals surface area contributed by atoms with Gasteiger partial charge >= 0.3 is 0 Å². The van der Waals surface area contributed by atoms with E-state index in [9.17, 15) is 4.79 Å². The van der Waals surface area contributed by atoms with Crippen molar-refractivity contribution in [3.05, 3.63) is 60.2 Å². The van der Waals surface area contributed by atoms with Crippen molar-refractivity contribution in [1.29, 1.82) is 0 Å². The lowest BCUT2D eigenvalue weighted by molar-refractivity contribution is -0.119. The van der Waals surface area contributed by atoms with Crippen molar-refractivity contribution < 1.29 is 4.79 Å². The van der Waals surface area contributed by atoms with Crippen LogP contribution in [0.3, 0.4) is 0 Å². The molecule has 0 spiro atoms. The van der Waals surface area contributed by atoms with Gasteiger partial charge < -0.3 is 10.6 Å². The highest BCUT2D eigenvalue weighted by molar-refractivity contribution is 7.99. The number of nitrogens with two attached hydrogens (primary N) is 1. The first-order chi connectivity index (χ1) is 9.77. The lowest BCUT2D eigenvalue weighted by Gasteiger charge is -2.31. The van der Waals surface area contributed by atoms with E-state index in [1.54, 1.807) is 11.8 Å². The second-order valence-electron chi connectivity index (χ2n) is 4.69. The zero-order valence-electron chi connectivity index (χ0n) is 11.0. The standard InChI is InChI=1S/C16H16N2OS/c17-15(12-6-2-1-3-7-12)16(19)18-10-11-20-14-9-5-4-8-13(14)18/h1-9,15H,10-11,17H2/t15-/m1/s1. The first kappa shape index (κ1) is 13.2. The van der Waals surface area contributed by atoms with E-state index in [-0.39, 0.29) is 5.91 Å². The third-order valence-corrected chi connectivity index (χ3v) is 4.46. The summed E-state index contributed by atoms with van der Waals surface area (Å²) in [6.07, 6.45) is 0. The van der Waals surface area contributed by atoms with Gasteiger partial charge in [0, 0.05) is 17.2 Å². The molecule has 0 radical (unpaired) electrons. The normalized spacial score (nSPS) is 15.6. The Balaban J connectivity index is 1.89. The number of carbonyl (C=O) groups excluding carboxylic acids is 1. The minimum atomic E-state index is -0.604. The van der Waals surface area contributed by atoms with Crippen molar-refractivity contribution >= 4 is 23.4 Å². The van der Waals surface area contributed by atoms with Gasteiger partial charge in [0.2, 0.25) is 5.91 Å². The maximum absolute atomic E-state index is 12.7. The van der Waals surface area contributed by atoms with Crippen LogP contribution in [0.2, 0.25) is 0 Å². The monoisotopic (exact) mass is 284 g/mol. The molecule has 1 amide bonds. The van der Waals surface area contributed by atoms with Crippen LogP contribution in [0, 0.1) is 0 Å². The summed E-state index contributed by atoms with van der Waals surface area (Å²) in [4.78, 5) is 15.6. The molecule has 1 aliphatic heterocycles. The number of anilines is 1. The Morgan fingerprint density at radius 3 is 2.60 bits per heavy atom. The van der Waals surface area contributed by atoms with Crippen molar-refractivity contribution in [2.75, 3.05) is 17.2 Å². The first-order valence-corrected chi connectivity index (χ1v) is 7.59. The molecule has 20 heavy (non-hydrogen) atoms. The van der Waals surface area contributed by atoms with Crippen LogP contribution in [-0.4, -0.2) is 18.2 Å². The summed E-state index contributed by atoms with van der Waals surface area (Å²) in [5.74, 6) is 0.869. The lowest BCUT2D eigenvalue weighted by atomic mass is 10.1. The summed E-state index contributed by atoms with van der Waals surface area (Å²) in [6.45, 7) is 0.709. The number of carbonyl (C=O) groups is 1. The van der Waals surface area contributed by atoms with Gasteiger partial charge in [-0.2, -0.15) is 0 Å². The fraction of sp³-hybridized carbons (Fsp3) is 0.188. The van der Waals surface area contributed by atoms with Gasteiger partial charge in [-0.15, -0.1) is 11.8 Å². The molecule has 2 aromatic rings. The lowest BCUT2D eigenvalue weighted by Crippen LogP contribution is -2.41. The third-order valence-electron chi connectivity index (χ3n) is 3.42. The van der Waals surface area contributed by atoms with Crippen LogP contribution in [0.4, 0.5) is 5.69 Å². The molecule has 3 nitrogen and oxygen atoms in total. The molecular formula is C16H16N2OS. The number of benzene rings is 2. The van der Waals surface area contributed by atoms with E-state index in [4.69, 9.17) is 5.73 Å². The zero-order valence-corrected chi connectivity index (χ0v) is 11.8. The van der Waals surface area contributed by atoms with Crippen molar-refractivity contribution in [3.63, 3.8) is 0 Å². The summed E-state index contributed by atoms with van der Waals surface area (Å²) < 4.78 is 0. The highest BCUT2D eigenvalue weighted by Crippen LogP contribution is 2.35. The number of fused-ring (bicyclic) bond motifs is 1. The minimum absolute atomic E-state index is 0.0380. The summed E-state index contributed by atoms with van der Waals surface area (Å²) in [5.41, 5.74) is 7.96. The largest absolute Gasteiger partial charge is 0.316 e. The Labute approximate surface area is 122 Å². The first-order valence-electron chi connectivity index (χ1n) is 6.61. The quantitative estimate of drug-likeness (QED) is 0.922. The molecule has 1 atom stereocenters. The second-order valence-corrected chi connectivity index (χ2v) is 5.83. The van der Waals surface area contributed by atoms with E-state index in [1.165, 1.54) is 0 Å². The van der Waals surface area contributed by atoms with Gasteiger partial charge in [-0.25, -0.2) is 0 Å². The Morgan fingerprint density at radius 2 is 1.80 bits per heavy atom. The van der Waals surface area contributed by atoms with E-state index in [2.05, 4.69) is 0 Å². The van der Waals surface area contributed by atoms with Crippen molar-refractivity contribution in [2.45, 2.75) is 10.9 Å². The molecule has 102 valence electrons. The number of amides is 1. The molecule has 0 saturated heterocycles. The van der Waals surface area contributed by atoms with Crippen molar-refractivity contribution in [2.24, 2.45) is 5.73 Å². The van der Waals surface area contributed by atoms with Gasteiger partial charge in [-0.1, -0.05) is 42.5 Å². The Bertz CT molecular complexity index is 615. The van der Waals surface area contributed by atoms with E-state index in [0.717, 1.165) is 21.9 Å². The van der Waals surface area contributed by atoms with Crippen LogP contribution >= 0.6 is 11.8 Å². The van der Waals surface area contributed by atoms with Gasteiger partial charge in [-0.3, -0.25) is 4.79 Å². The number of para-hydroxylation sites is 1. The van der Waals surface area contributed by atoms with Gasteiger partial charge in [0.15, 0.2) is 0 Å². The number of hydrogen-bond donors (Lipinski definition) is 1. The highest BCUT2D eigenvalue weighted by atomic mass is 32.2. The van der Waals surface area contributed by atoms with Crippen LogP contribution in [0.25, 0.3) is 0 Å². The zero-order chi connectivity index (χ0) is 13.9. The predicted molar refractivity (Wildman–Crippen MR) is 82.9 cm³/mol. The van der Waals surface area contributed by atoms with E-state index < -0.39 is 6.04 Å². The number of hydrogen-bond acceptors (Lipinski definition) is 3. The minimum Gasteiger partial charge on any atom is -0.316 e. The maximum Gasteiger partial charge on any atom is 0.248 e. The molecule has 2 N–H and O–H groups in total. The highest BCUT2D eigenvalue weighted by Gasteiger charge is 2.27. The number of thioether (sulfide) groups is 1. The van der Waals surface area contributed by atoms with Crippen molar-refractivity contribution in [3.8, 4) is 0 Å². The molecule has 0 unspecified atom stereocenters. The van der Waals surface area contributed by atoms with Gasteiger partial charge in [0.25, 0.3) is 0 Å². The predicted octanol–water partition coefficient (Wildman–Crippen LogP) is 2.83. The average molecular weight is 284 g/mol. The summed E-state index contributed by atoms with van der Waals surface area (Å²) in [6, 6.07) is 16.9. The smallest absolute Gasteiger partial charge is 0.248 e. The third kappa shape index (κ3) is 2.44. The molecule has 0 aliphatic carbocycles. The summed E-state index contributed by atoms with van der Waals surface area (Å²) >= 11 is 1.78.